The molecule has 0 bridgehead atoms. The third kappa shape index (κ3) is 11.8. The molecule has 0 spiro atoms. The van der Waals surface area contributed by atoms with Gasteiger partial charge in [-0.3, -0.25) is 4.79 Å². The Morgan fingerprint density at radius 1 is 0.818 bits per heavy atom. The van der Waals surface area contributed by atoms with Crippen LogP contribution in [0, 0.1) is 19.8 Å². The number of halogens is 4. The summed E-state index contributed by atoms with van der Waals surface area (Å²) in [4.78, 5) is 33.2. The van der Waals surface area contributed by atoms with E-state index in [0.717, 1.165) is 11.3 Å². The van der Waals surface area contributed by atoms with Gasteiger partial charge in [-0.15, -0.1) is 0 Å². The van der Waals surface area contributed by atoms with E-state index >= 15 is 0 Å². The number of H-pyrrole nitrogens is 1. The van der Waals surface area contributed by atoms with Crippen molar-refractivity contribution in [1.29, 1.82) is 0 Å². The van der Waals surface area contributed by atoms with Crippen molar-refractivity contribution in [3.05, 3.63) is 89.1 Å². The fourth-order valence-corrected chi connectivity index (χ4v) is 2.40. The number of aromatic amines is 1. The van der Waals surface area contributed by atoms with Crippen molar-refractivity contribution >= 4 is 59.9 Å². The fraction of sp³-hybridized carbons (Fsp3) is 0.143. The van der Waals surface area contributed by atoms with E-state index in [9.17, 15) is 9.18 Å². The van der Waals surface area contributed by atoms with Crippen molar-refractivity contribution in [2.24, 2.45) is 0 Å². The van der Waals surface area contributed by atoms with Gasteiger partial charge in [0.15, 0.2) is 0 Å². The van der Waals surface area contributed by atoms with E-state index in [4.69, 9.17) is 0 Å². The van der Waals surface area contributed by atoms with E-state index in [2.05, 4.69) is 89.8 Å². The Balaban J connectivity index is 0.000000278. The van der Waals surface area contributed by atoms with Crippen LogP contribution in [-0.2, 0) is 4.92 Å². The first kappa shape index (κ1) is 30.0. The molecule has 0 atom stereocenters. The van der Waals surface area contributed by atoms with Crippen LogP contribution >= 0.6 is 59.9 Å². The number of hydrogen-bond acceptors (Lipinski definition) is 6. The molecule has 174 valence electrons. The molecular formula is C21H21FI3N6OV. The van der Waals surface area contributed by atoms with Gasteiger partial charge in [-0.2, -0.15) is 4.39 Å². The van der Waals surface area contributed by atoms with Crippen LogP contribution in [0.15, 0.2) is 66.0 Å². The topological polar surface area (TPSA) is 97.3 Å². The van der Waals surface area contributed by atoms with Crippen LogP contribution in [-0.4, -0.2) is 29.9 Å². The monoisotopic (exact) mass is 824 g/mol. The second-order valence-corrected chi connectivity index (χ2v) is 41.3. The van der Waals surface area contributed by atoms with Crippen LogP contribution in [0.1, 0.15) is 19.1 Å². The van der Waals surface area contributed by atoms with Crippen molar-refractivity contribution in [2.75, 3.05) is 0 Å². The molecule has 0 aliphatic carbocycles. The van der Waals surface area contributed by atoms with E-state index in [-0.39, 0.29) is 17.9 Å². The van der Waals surface area contributed by atoms with Crippen molar-refractivity contribution < 1.29 is 9.31 Å². The summed E-state index contributed by atoms with van der Waals surface area (Å²) in [5, 5.41) is 0. The van der Waals surface area contributed by atoms with Crippen molar-refractivity contribution in [1.82, 2.24) is 29.9 Å². The molecule has 0 fully saturated rings. The number of hydrogen-bond donors (Lipinski definition) is 1. The SMILES string of the molecule is C.Cc1nccc(-c2cc[nH]c(=O)c2)n1.Cc1nccc(-c2ccnc(F)c2)n1.[I][V]([I])[I]. The summed E-state index contributed by atoms with van der Waals surface area (Å²) in [6.45, 7) is 3.61. The Hall–Kier alpha value is -1.04. The normalized spacial score (nSPS) is 9.67. The molecule has 7 nitrogen and oxygen atoms in total. The quantitative estimate of drug-likeness (QED) is 0.185. The molecule has 0 aliphatic heterocycles. The Kier molecular flexibility index (Phi) is 14.4. The first-order chi connectivity index (χ1) is 15.2. The summed E-state index contributed by atoms with van der Waals surface area (Å²) in [5.41, 5.74) is 2.86. The maximum atomic E-state index is 12.8. The van der Waals surface area contributed by atoms with E-state index in [1.165, 1.54) is 18.3 Å². The molecule has 0 saturated heterocycles. The zero-order valence-corrected chi connectivity index (χ0v) is 24.7. The van der Waals surface area contributed by atoms with Gasteiger partial charge in [-0.1, -0.05) is 7.43 Å². The molecule has 0 aliphatic rings. The van der Waals surface area contributed by atoms with E-state index < -0.39 is 5.95 Å². The van der Waals surface area contributed by atoms with E-state index in [1.807, 2.05) is 13.0 Å². The summed E-state index contributed by atoms with van der Waals surface area (Å²) in [7, 11) is 0. The molecule has 4 heterocycles. The van der Waals surface area contributed by atoms with Crippen molar-refractivity contribution in [2.45, 2.75) is 21.3 Å². The van der Waals surface area contributed by atoms with E-state index in [1.54, 1.807) is 43.7 Å². The molecule has 0 radical (unpaired) electrons. The molecule has 4 rings (SSSR count). The average molecular weight is 824 g/mol. The molecule has 12 heteroatoms. The van der Waals surface area contributed by atoms with Gasteiger partial charge in [0.05, 0.1) is 11.4 Å². The second kappa shape index (κ2) is 15.8. The molecule has 0 aromatic carbocycles. The first-order valence-electron chi connectivity index (χ1n) is 8.92. The first-order valence-corrected chi connectivity index (χ1v) is 22.4. The summed E-state index contributed by atoms with van der Waals surface area (Å²) >= 11 is 7.39. The third-order valence-corrected chi connectivity index (χ3v) is 3.65. The zero-order chi connectivity index (χ0) is 23.5. The summed E-state index contributed by atoms with van der Waals surface area (Å²) in [6, 6.07) is 9.90. The van der Waals surface area contributed by atoms with Gasteiger partial charge in [-0.25, -0.2) is 24.9 Å². The number of nitrogens with one attached hydrogen (secondary N) is 1. The van der Waals surface area contributed by atoms with Gasteiger partial charge in [0.2, 0.25) is 11.5 Å². The Labute approximate surface area is 229 Å². The molecular weight excluding hydrogens is 803 g/mol. The van der Waals surface area contributed by atoms with Crippen LogP contribution < -0.4 is 5.56 Å². The van der Waals surface area contributed by atoms with Crippen molar-refractivity contribution in [3.8, 4) is 22.5 Å². The predicted octanol–water partition coefficient (Wildman–Crippen LogP) is 6.42. The van der Waals surface area contributed by atoms with Gasteiger partial charge in [0.25, 0.3) is 0 Å². The van der Waals surface area contributed by atoms with Crippen LogP contribution in [0.5, 0.6) is 0 Å². The number of rotatable bonds is 2. The van der Waals surface area contributed by atoms with Gasteiger partial charge < -0.3 is 4.98 Å². The molecule has 4 aromatic heterocycles. The molecule has 0 amide bonds. The number of aromatic nitrogens is 6. The molecule has 0 unspecified atom stereocenters. The zero-order valence-electron chi connectivity index (χ0n) is 16.9. The fourth-order valence-electron chi connectivity index (χ4n) is 2.40. The Morgan fingerprint density at radius 2 is 1.30 bits per heavy atom. The van der Waals surface area contributed by atoms with Crippen LogP contribution in [0.2, 0.25) is 0 Å². The maximum absolute atomic E-state index is 12.8. The standard InChI is InChI=1S/C10H8FN3.C10H9N3O.CH4.3HI.V/c1-7-12-5-3-9(14-7)8-2-4-13-10(11)6-8;1-7-11-5-3-9(13-7)8-2-4-12-10(14)6-8;;;;;/h2-6H,1H3;2-6H,1H3,(H,12,14);1H4;3*1H;/q;;;;;;+3/p-3. The minimum absolute atomic E-state index is 0. The van der Waals surface area contributed by atoms with Gasteiger partial charge in [-0.05, 0) is 38.1 Å². The Morgan fingerprint density at radius 3 is 1.76 bits per heavy atom. The van der Waals surface area contributed by atoms with Crippen molar-refractivity contribution in [3.63, 3.8) is 0 Å². The number of aryl methyl sites for hydroxylation is 2. The molecule has 1 N–H and O–H groups in total. The summed E-state index contributed by atoms with van der Waals surface area (Å²) < 4.78 is 12.8. The predicted molar refractivity (Wildman–Crippen MR) is 152 cm³/mol. The average Bonchev–Trinajstić information content (AvgIpc) is 2.74. The second-order valence-electron chi connectivity index (χ2n) is 5.98. The van der Waals surface area contributed by atoms with Crippen LogP contribution in [0.3, 0.4) is 0 Å². The summed E-state index contributed by atoms with van der Waals surface area (Å²) in [6.07, 6.45) is 6.35. The van der Waals surface area contributed by atoms with Crippen LogP contribution in [0.4, 0.5) is 4.39 Å². The van der Waals surface area contributed by atoms with E-state index in [0.29, 0.717) is 22.9 Å². The number of nitrogens with zero attached hydrogens (tertiary/aromatic N) is 5. The molecule has 4 aromatic rings. The van der Waals surface area contributed by atoms with Crippen LogP contribution in [0.25, 0.3) is 22.5 Å². The summed E-state index contributed by atoms with van der Waals surface area (Å²) in [5.74, 6) is 0.862. The molecule has 33 heavy (non-hydrogen) atoms. The number of pyridine rings is 2. The third-order valence-electron chi connectivity index (χ3n) is 3.65. The minimum atomic E-state index is -0.501. The van der Waals surface area contributed by atoms with Gasteiger partial charge in [0.1, 0.15) is 11.6 Å². The van der Waals surface area contributed by atoms with Gasteiger partial charge in [0, 0.05) is 48.0 Å². The van der Waals surface area contributed by atoms with Gasteiger partial charge >= 0.3 is 64.9 Å². The molecule has 0 saturated carbocycles. The Bertz CT molecular complexity index is 1170.